The van der Waals surface area contributed by atoms with E-state index in [1.54, 1.807) is 6.07 Å². The van der Waals surface area contributed by atoms with Gasteiger partial charge in [0.25, 0.3) is 0 Å². The van der Waals surface area contributed by atoms with Crippen molar-refractivity contribution in [3.63, 3.8) is 0 Å². The lowest BCUT2D eigenvalue weighted by Crippen LogP contribution is -1.74. The van der Waals surface area contributed by atoms with Crippen LogP contribution in [-0.4, -0.2) is 0 Å². The van der Waals surface area contributed by atoms with Gasteiger partial charge < -0.3 is 4.42 Å². The van der Waals surface area contributed by atoms with Crippen molar-refractivity contribution in [3.8, 4) is 6.07 Å². The molecule has 1 aromatic heterocycles. The van der Waals surface area contributed by atoms with Crippen LogP contribution in [0, 0.1) is 11.3 Å². The van der Waals surface area contributed by atoms with Gasteiger partial charge in [-0.15, -0.1) is 0 Å². The molecule has 0 aliphatic carbocycles. The second kappa shape index (κ2) is 3.55. The van der Waals surface area contributed by atoms with Gasteiger partial charge in [-0.2, -0.15) is 5.26 Å². The van der Waals surface area contributed by atoms with E-state index in [4.69, 9.17) is 9.68 Å². The summed E-state index contributed by atoms with van der Waals surface area (Å²) in [6, 6.07) is 9.62. The fourth-order valence-electron chi connectivity index (χ4n) is 1.54. The van der Waals surface area contributed by atoms with Crippen molar-refractivity contribution >= 4 is 11.0 Å². The second-order valence-electron chi connectivity index (χ2n) is 3.33. The molecule has 70 valence electrons. The Balaban J connectivity index is 2.50. The number of fused-ring (bicyclic) bond motifs is 1. The summed E-state index contributed by atoms with van der Waals surface area (Å²) in [7, 11) is 0. The summed E-state index contributed by atoms with van der Waals surface area (Å²) in [6.07, 6.45) is 2.03. The molecule has 2 aromatic rings. The van der Waals surface area contributed by atoms with Crippen molar-refractivity contribution in [2.45, 2.75) is 19.8 Å². The lowest BCUT2D eigenvalue weighted by Gasteiger charge is -1.88. The van der Waals surface area contributed by atoms with Crippen molar-refractivity contribution in [2.75, 3.05) is 0 Å². The highest BCUT2D eigenvalue weighted by Crippen LogP contribution is 2.21. The third-order valence-electron chi connectivity index (χ3n) is 2.19. The normalized spacial score (nSPS) is 10.3. The average molecular weight is 185 g/mol. The van der Waals surface area contributed by atoms with Gasteiger partial charge in [0.05, 0.1) is 11.6 Å². The minimum Gasteiger partial charge on any atom is -0.461 e. The van der Waals surface area contributed by atoms with Crippen molar-refractivity contribution in [3.05, 3.63) is 35.6 Å². The van der Waals surface area contributed by atoms with Gasteiger partial charge in [-0.3, -0.25) is 0 Å². The minimum atomic E-state index is 0.682. The molecule has 0 saturated heterocycles. The highest BCUT2D eigenvalue weighted by atomic mass is 16.3. The minimum absolute atomic E-state index is 0.682. The first-order valence-electron chi connectivity index (χ1n) is 4.76. The Morgan fingerprint density at radius 2 is 2.21 bits per heavy atom. The number of nitrogens with zero attached hydrogens (tertiary/aromatic N) is 1. The molecule has 0 unspecified atom stereocenters. The third kappa shape index (κ3) is 1.49. The molecule has 0 aliphatic rings. The first kappa shape index (κ1) is 8.83. The highest BCUT2D eigenvalue weighted by Gasteiger charge is 2.03. The molecular formula is C12H11NO. The molecule has 0 saturated carbocycles. The standard InChI is InChI=1S/C12H11NO/c1-2-3-11-7-10-6-9(8-13)4-5-12(10)14-11/h4-7H,2-3H2,1H3. The van der Waals surface area contributed by atoms with Gasteiger partial charge in [0.15, 0.2) is 0 Å². The molecule has 1 heterocycles. The smallest absolute Gasteiger partial charge is 0.134 e. The Kier molecular flexibility index (Phi) is 2.24. The summed E-state index contributed by atoms with van der Waals surface area (Å²) in [5.41, 5.74) is 1.55. The predicted octanol–water partition coefficient (Wildman–Crippen LogP) is 3.26. The van der Waals surface area contributed by atoms with E-state index in [1.807, 2.05) is 18.2 Å². The summed E-state index contributed by atoms with van der Waals surface area (Å²) in [5.74, 6) is 0.998. The summed E-state index contributed by atoms with van der Waals surface area (Å²) < 4.78 is 5.60. The fraction of sp³-hybridized carbons (Fsp3) is 0.250. The first-order valence-corrected chi connectivity index (χ1v) is 4.76. The van der Waals surface area contributed by atoms with Crippen LogP contribution in [-0.2, 0) is 6.42 Å². The molecule has 0 N–H and O–H groups in total. The van der Waals surface area contributed by atoms with Gasteiger partial charge in [-0.1, -0.05) is 6.92 Å². The van der Waals surface area contributed by atoms with Crippen molar-refractivity contribution in [1.29, 1.82) is 5.26 Å². The Morgan fingerprint density at radius 3 is 2.93 bits per heavy atom. The van der Waals surface area contributed by atoms with Crippen molar-refractivity contribution < 1.29 is 4.42 Å². The van der Waals surface area contributed by atoms with Crippen LogP contribution in [0.2, 0.25) is 0 Å². The number of hydrogen-bond donors (Lipinski definition) is 0. The predicted molar refractivity (Wildman–Crippen MR) is 54.9 cm³/mol. The van der Waals surface area contributed by atoms with Gasteiger partial charge in [0.2, 0.25) is 0 Å². The molecule has 1 aromatic carbocycles. The monoisotopic (exact) mass is 185 g/mol. The number of furan rings is 1. The molecule has 2 nitrogen and oxygen atoms in total. The molecule has 0 bridgehead atoms. The van der Waals surface area contributed by atoms with Gasteiger partial charge >= 0.3 is 0 Å². The van der Waals surface area contributed by atoms with Crippen LogP contribution in [0.5, 0.6) is 0 Å². The van der Waals surface area contributed by atoms with E-state index in [-0.39, 0.29) is 0 Å². The molecule has 0 spiro atoms. The van der Waals surface area contributed by atoms with E-state index >= 15 is 0 Å². The Morgan fingerprint density at radius 1 is 1.36 bits per heavy atom. The lowest BCUT2D eigenvalue weighted by molar-refractivity contribution is 0.544. The zero-order valence-corrected chi connectivity index (χ0v) is 8.08. The molecule has 0 aliphatic heterocycles. The van der Waals surface area contributed by atoms with Crippen LogP contribution in [0.25, 0.3) is 11.0 Å². The fourth-order valence-corrected chi connectivity index (χ4v) is 1.54. The number of benzene rings is 1. The molecule has 0 atom stereocenters. The van der Waals surface area contributed by atoms with Crippen molar-refractivity contribution in [2.24, 2.45) is 0 Å². The molecule has 2 heteroatoms. The van der Waals surface area contributed by atoms with Crippen molar-refractivity contribution in [1.82, 2.24) is 0 Å². The van der Waals surface area contributed by atoms with E-state index in [0.29, 0.717) is 5.56 Å². The summed E-state index contributed by atoms with van der Waals surface area (Å²) in [6.45, 7) is 2.12. The van der Waals surface area contributed by atoms with Crippen LogP contribution in [0.1, 0.15) is 24.7 Å². The molecule has 0 fully saturated rings. The zero-order chi connectivity index (χ0) is 9.97. The van der Waals surface area contributed by atoms with Crippen LogP contribution in [0.3, 0.4) is 0 Å². The maximum Gasteiger partial charge on any atom is 0.134 e. The van der Waals surface area contributed by atoms with E-state index in [9.17, 15) is 0 Å². The van der Waals surface area contributed by atoms with Gasteiger partial charge in [0.1, 0.15) is 11.3 Å². The summed E-state index contributed by atoms with van der Waals surface area (Å²) in [4.78, 5) is 0. The molecule has 0 amide bonds. The molecule has 2 rings (SSSR count). The van der Waals surface area contributed by atoms with E-state index in [1.165, 1.54) is 0 Å². The molecule has 14 heavy (non-hydrogen) atoms. The number of rotatable bonds is 2. The molecular weight excluding hydrogens is 174 g/mol. The quantitative estimate of drug-likeness (QED) is 0.720. The lowest BCUT2D eigenvalue weighted by atomic mass is 10.1. The number of nitriles is 1. The Hall–Kier alpha value is -1.75. The Labute approximate surface area is 82.8 Å². The maximum absolute atomic E-state index is 8.73. The summed E-state index contributed by atoms with van der Waals surface area (Å²) >= 11 is 0. The van der Waals surface area contributed by atoms with Gasteiger partial charge in [-0.25, -0.2) is 0 Å². The van der Waals surface area contributed by atoms with E-state index in [0.717, 1.165) is 29.6 Å². The van der Waals surface area contributed by atoms with Crippen LogP contribution in [0.15, 0.2) is 28.7 Å². The molecule has 0 radical (unpaired) electrons. The SMILES string of the molecule is CCCc1cc2cc(C#N)ccc2o1. The second-order valence-corrected chi connectivity index (χ2v) is 3.33. The van der Waals surface area contributed by atoms with Gasteiger partial charge in [0, 0.05) is 11.8 Å². The van der Waals surface area contributed by atoms with Gasteiger partial charge in [-0.05, 0) is 30.7 Å². The highest BCUT2D eigenvalue weighted by molar-refractivity contribution is 5.79. The topological polar surface area (TPSA) is 36.9 Å². The van der Waals surface area contributed by atoms with Crippen LogP contribution >= 0.6 is 0 Å². The maximum atomic E-state index is 8.73. The average Bonchev–Trinajstić information content (AvgIpc) is 2.59. The first-order chi connectivity index (χ1) is 6.83. The largest absolute Gasteiger partial charge is 0.461 e. The number of aryl methyl sites for hydroxylation is 1. The number of hydrogen-bond acceptors (Lipinski definition) is 2. The van der Waals surface area contributed by atoms with Crippen LogP contribution in [0.4, 0.5) is 0 Å². The zero-order valence-electron chi connectivity index (χ0n) is 8.08. The Bertz CT molecular complexity index is 490. The summed E-state index contributed by atoms with van der Waals surface area (Å²) in [5, 5.41) is 9.75. The van der Waals surface area contributed by atoms with E-state index < -0.39 is 0 Å². The van der Waals surface area contributed by atoms with E-state index in [2.05, 4.69) is 13.0 Å². The third-order valence-corrected chi connectivity index (χ3v) is 2.19. The van der Waals surface area contributed by atoms with Crippen LogP contribution < -0.4 is 0 Å².